The summed E-state index contributed by atoms with van der Waals surface area (Å²) >= 11 is 0. The molecular formula is C20H22N2. The summed E-state index contributed by atoms with van der Waals surface area (Å²) in [4.78, 5) is 0. The van der Waals surface area contributed by atoms with Crippen LogP contribution in [0.4, 0.5) is 11.4 Å². The molecule has 0 amide bonds. The van der Waals surface area contributed by atoms with Crippen LogP contribution in [0.5, 0.6) is 0 Å². The normalized spacial score (nSPS) is 10.7. The lowest BCUT2D eigenvalue weighted by atomic mass is 10.1. The van der Waals surface area contributed by atoms with Crippen LogP contribution in [0, 0.1) is 0 Å². The number of nitrogens with zero attached hydrogens (tertiary/aromatic N) is 2. The molecule has 0 spiro atoms. The van der Waals surface area contributed by atoms with E-state index in [2.05, 4.69) is 41.6 Å². The van der Waals surface area contributed by atoms with Gasteiger partial charge in [0.1, 0.15) is 0 Å². The van der Waals surface area contributed by atoms with Gasteiger partial charge in [-0.25, -0.2) is 0 Å². The maximum atomic E-state index is 4.42. The molecular weight excluding hydrogens is 268 g/mol. The molecule has 0 bridgehead atoms. The van der Waals surface area contributed by atoms with E-state index in [4.69, 9.17) is 0 Å². The molecule has 0 aliphatic heterocycles. The first kappa shape index (κ1) is 15.9. The predicted molar refractivity (Wildman–Crippen MR) is 94.1 cm³/mol. The monoisotopic (exact) mass is 290 g/mol. The van der Waals surface area contributed by atoms with Gasteiger partial charge in [0.05, 0.1) is 11.4 Å². The Morgan fingerprint density at radius 2 is 1.59 bits per heavy atom. The van der Waals surface area contributed by atoms with Gasteiger partial charge in [0, 0.05) is 0 Å². The highest BCUT2D eigenvalue weighted by Crippen LogP contribution is 2.24. The fourth-order valence-electron chi connectivity index (χ4n) is 2.23. The van der Waals surface area contributed by atoms with Crippen molar-refractivity contribution in [2.75, 3.05) is 0 Å². The number of benzene rings is 2. The van der Waals surface area contributed by atoms with Crippen molar-refractivity contribution in [2.45, 2.75) is 25.7 Å². The van der Waals surface area contributed by atoms with Crippen LogP contribution in [0.3, 0.4) is 0 Å². The number of rotatable bonds is 8. The van der Waals surface area contributed by atoms with Crippen molar-refractivity contribution in [3.05, 3.63) is 85.0 Å². The molecule has 0 heterocycles. The fourth-order valence-corrected chi connectivity index (χ4v) is 2.23. The average molecular weight is 290 g/mol. The van der Waals surface area contributed by atoms with E-state index in [-0.39, 0.29) is 0 Å². The lowest BCUT2D eigenvalue weighted by molar-refractivity contribution is 0.993. The molecule has 2 rings (SSSR count). The summed E-state index contributed by atoms with van der Waals surface area (Å²) in [5.41, 5.74) is 4.28. The van der Waals surface area contributed by atoms with Crippen LogP contribution in [0.15, 0.2) is 84.1 Å². The predicted octanol–water partition coefficient (Wildman–Crippen LogP) is 6.34. The van der Waals surface area contributed by atoms with Crippen LogP contribution >= 0.6 is 0 Å². The van der Waals surface area contributed by atoms with Gasteiger partial charge in [0.25, 0.3) is 0 Å². The summed E-state index contributed by atoms with van der Waals surface area (Å²) in [5.74, 6) is 0. The van der Waals surface area contributed by atoms with Gasteiger partial charge >= 0.3 is 0 Å². The largest absolute Gasteiger partial charge is 0.151 e. The molecule has 0 unspecified atom stereocenters. The Kier molecular flexibility index (Phi) is 6.31. The summed E-state index contributed by atoms with van der Waals surface area (Å²) in [6.07, 6.45) is 7.72. The fraction of sp³-hybridized carbons (Fsp3) is 0.200. The topological polar surface area (TPSA) is 24.7 Å². The Morgan fingerprint density at radius 3 is 2.41 bits per heavy atom. The number of hydrogen-bond acceptors (Lipinski definition) is 2. The Morgan fingerprint density at radius 1 is 0.818 bits per heavy atom. The number of allylic oxidation sites excluding steroid dienone is 2. The van der Waals surface area contributed by atoms with Crippen LogP contribution in [-0.2, 0) is 12.8 Å². The molecule has 2 nitrogen and oxygen atoms in total. The molecule has 22 heavy (non-hydrogen) atoms. The van der Waals surface area contributed by atoms with Crippen LogP contribution < -0.4 is 0 Å². The zero-order valence-electron chi connectivity index (χ0n) is 12.9. The van der Waals surface area contributed by atoms with Gasteiger partial charge in [-0.2, -0.15) is 10.2 Å². The first-order valence-electron chi connectivity index (χ1n) is 7.64. The maximum absolute atomic E-state index is 4.42. The van der Waals surface area contributed by atoms with Gasteiger partial charge in [0.15, 0.2) is 0 Å². The van der Waals surface area contributed by atoms with Gasteiger partial charge in [-0.1, -0.05) is 42.5 Å². The second-order valence-corrected chi connectivity index (χ2v) is 5.15. The van der Waals surface area contributed by atoms with Crippen molar-refractivity contribution >= 4 is 11.4 Å². The average Bonchev–Trinajstić information content (AvgIpc) is 2.57. The molecule has 0 fully saturated rings. The van der Waals surface area contributed by atoms with E-state index in [1.54, 1.807) is 0 Å². The van der Waals surface area contributed by atoms with Crippen LogP contribution in [0.1, 0.15) is 24.0 Å². The summed E-state index contributed by atoms with van der Waals surface area (Å²) < 4.78 is 0. The summed E-state index contributed by atoms with van der Waals surface area (Å²) in [6.45, 7) is 7.53. The SMILES string of the molecule is C=CCCc1cccc(/N=N/c2ccccc2CCC=C)c1. The maximum Gasteiger partial charge on any atom is 0.0889 e. The van der Waals surface area contributed by atoms with E-state index in [9.17, 15) is 0 Å². The van der Waals surface area contributed by atoms with Crippen molar-refractivity contribution in [2.24, 2.45) is 10.2 Å². The minimum absolute atomic E-state index is 0.889. The van der Waals surface area contributed by atoms with Gasteiger partial charge in [0.2, 0.25) is 0 Å². The van der Waals surface area contributed by atoms with E-state index in [1.165, 1.54) is 11.1 Å². The highest BCUT2D eigenvalue weighted by Gasteiger charge is 2.00. The van der Waals surface area contributed by atoms with Crippen molar-refractivity contribution in [3.8, 4) is 0 Å². The quantitative estimate of drug-likeness (QED) is 0.400. The van der Waals surface area contributed by atoms with Crippen LogP contribution in [0.2, 0.25) is 0 Å². The second kappa shape index (κ2) is 8.73. The van der Waals surface area contributed by atoms with Crippen molar-refractivity contribution in [1.82, 2.24) is 0 Å². The van der Waals surface area contributed by atoms with Gasteiger partial charge in [-0.05, 0) is 55.0 Å². The molecule has 0 aliphatic rings. The number of aryl methyl sites for hydroxylation is 2. The first-order chi connectivity index (χ1) is 10.8. The molecule has 2 heteroatoms. The van der Waals surface area contributed by atoms with Crippen molar-refractivity contribution in [3.63, 3.8) is 0 Å². The van der Waals surface area contributed by atoms with E-state index in [0.29, 0.717) is 0 Å². The van der Waals surface area contributed by atoms with E-state index in [1.807, 2.05) is 42.5 Å². The third-order valence-electron chi connectivity index (χ3n) is 3.43. The van der Waals surface area contributed by atoms with E-state index in [0.717, 1.165) is 37.1 Å². The Labute approximate surface area is 132 Å². The Hall–Kier alpha value is -2.48. The van der Waals surface area contributed by atoms with Gasteiger partial charge < -0.3 is 0 Å². The standard InChI is InChI=1S/C20H22N2/c1-3-5-10-17-11-9-14-19(16-17)21-22-20-15-8-7-13-18(20)12-6-4-2/h3-4,7-9,11,13-16H,1-2,5-6,10,12H2/b22-21+. The molecule has 2 aromatic rings. The molecule has 0 aromatic heterocycles. The molecule has 0 aliphatic carbocycles. The highest BCUT2D eigenvalue weighted by atomic mass is 15.1. The summed E-state index contributed by atoms with van der Waals surface area (Å²) in [7, 11) is 0. The summed E-state index contributed by atoms with van der Waals surface area (Å²) in [5, 5.41) is 8.81. The molecule has 112 valence electrons. The smallest absolute Gasteiger partial charge is 0.0889 e. The first-order valence-corrected chi connectivity index (χ1v) is 7.64. The number of azo groups is 1. The molecule has 0 atom stereocenters. The minimum atomic E-state index is 0.889. The van der Waals surface area contributed by atoms with Crippen LogP contribution in [0.25, 0.3) is 0 Å². The highest BCUT2D eigenvalue weighted by molar-refractivity contribution is 5.47. The molecule has 0 N–H and O–H groups in total. The third kappa shape index (κ3) is 4.81. The molecule has 0 saturated heterocycles. The zero-order chi connectivity index (χ0) is 15.6. The van der Waals surface area contributed by atoms with E-state index >= 15 is 0 Å². The van der Waals surface area contributed by atoms with Crippen LogP contribution in [-0.4, -0.2) is 0 Å². The lowest BCUT2D eigenvalue weighted by Gasteiger charge is -2.03. The zero-order valence-corrected chi connectivity index (χ0v) is 12.9. The molecule has 2 aromatic carbocycles. The molecule has 0 radical (unpaired) electrons. The van der Waals surface area contributed by atoms with Crippen molar-refractivity contribution in [1.29, 1.82) is 0 Å². The summed E-state index contributed by atoms with van der Waals surface area (Å²) in [6, 6.07) is 16.3. The lowest BCUT2D eigenvalue weighted by Crippen LogP contribution is -1.83. The Balaban J connectivity index is 2.14. The van der Waals surface area contributed by atoms with Gasteiger partial charge in [-0.15, -0.1) is 13.2 Å². The number of hydrogen-bond donors (Lipinski definition) is 0. The second-order valence-electron chi connectivity index (χ2n) is 5.15. The minimum Gasteiger partial charge on any atom is -0.151 e. The van der Waals surface area contributed by atoms with E-state index < -0.39 is 0 Å². The third-order valence-corrected chi connectivity index (χ3v) is 3.43. The molecule has 0 saturated carbocycles. The van der Waals surface area contributed by atoms with Gasteiger partial charge in [-0.3, -0.25) is 0 Å². The van der Waals surface area contributed by atoms with Crippen molar-refractivity contribution < 1.29 is 0 Å². The Bertz CT molecular complexity index is 656.